The second-order valence-corrected chi connectivity index (χ2v) is 13.9. The van der Waals surface area contributed by atoms with Crippen molar-refractivity contribution < 1.29 is 8.83 Å². The normalized spacial score (nSPS) is 12.1. The highest BCUT2D eigenvalue weighted by atomic mass is 16.3. The van der Waals surface area contributed by atoms with Crippen LogP contribution in [0.1, 0.15) is 5.56 Å². The van der Waals surface area contributed by atoms with Gasteiger partial charge in [-0.25, -0.2) is 0 Å². The van der Waals surface area contributed by atoms with Gasteiger partial charge in [0.1, 0.15) is 22.3 Å². The van der Waals surface area contributed by atoms with Crippen LogP contribution in [0.4, 0.5) is 0 Å². The molecule has 54 heavy (non-hydrogen) atoms. The highest BCUT2D eigenvalue weighted by Crippen LogP contribution is 2.46. The monoisotopic (exact) mass is 689 g/mol. The molecule has 12 aromatic rings. The van der Waals surface area contributed by atoms with Crippen molar-refractivity contribution in [3.8, 4) is 28.6 Å². The fraction of sp³-hybridized carbons (Fsp3) is 0. The highest BCUT2D eigenvalue weighted by molar-refractivity contribution is 6.29. The van der Waals surface area contributed by atoms with Crippen LogP contribution in [0.3, 0.4) is 0 Å². The lowest BCUT2D eigenvalue weighted by molar-refractivity contribution is 0.669. The third-order valence-electron chi connectivity index (χ3n) is 11.2. The SMILES string of the molecule is N#Cc1ccc(-n2c3ccccc3c3c4c(ccc32)oc2ccccc24)c(-c2ccccc2-n2c3ccccc3c3c4c(ccc32)oc2ccccc24)c1. The molecule has 0 saturated heterocycles. The second-order valence-electron chi connectivity index (χ2n) is 13.9. The molecule has 250 valence electrons. The van der Waals surface area contributed by atoms with E-state index in [0.29, 0.717) is 5.56 Å². The van der Waals surface area contributed by atoms with E-state index >= 15 is 0 Å². The van der Waals surface area contributed by atoms with Crippen LogP contribution in [0.5, 0.6) is 0 Å². The molecule has 12 rings (SSSR count). The molecule has 0 fully saturated rings. The van der Waals surface area contributed by atoms with Crippen LogP contribution in [-0.2, 0) is 0 Å². The number of aromatic nitrogens is 2. The quantitative estimate of drug-likeness (QED) is 0.185. The average molecular weight is 690 g/mol. The van der Waals surface area contributed by atoms with E-state index in [4.69, 9.17) is 8.83 Å². The Bertz CT molecular complexity index is 3590. The molecule has 0 spiro atoms. The van der Waals surface area contributed by atoms with E-state index in [0.717, 1.165) is 110 Å². The smallest absolute Gasteiger partial charge is 0.136 e. The molecule has 5 heteroatoms. The van der Waals surface area contributed by atoms with Gasteiger partial charge >= 0.3 is 0 Å². The van der Waals surface area contributed by atoms with Crippen LogP contribution in [0.15, 0.2) is 173 Å². The van der Waals surface area contributed by atoms with Gasteiger partial charge in [-0.2, -0.15) is 5.26 Å². The summed E-state index contributed by atoms with van der Waals surface area (Å²) in [5.41, 5.74) is 12.4. The van der Waals surface area contributed by atoms with Crippen LogP contribution in [0.2, 0.25) is 0 Å². The number of nitrogens with zero attached hydrogens (tertiary/aromatic N) is 3. The minimum absolute atomic E-state index is 0.598. The maximum absolute atomic E-state index is 10.3. The Morgan fingerprint density at radius 3 is 1.43 bits per heavy atom. The summed E-state index contributed by atoms with van der Waals surface area (Å²) < 4.78 is 17.5. The maximum atomic E-state index is 10.3. The molecule has 0 saturated carbocycles. The van der Waals surface area contributed by atoms with E-state index in [1.54, 1.807) is 0 Å². The van der Waals surface area contributed by atoms with Gasteiger partial charge in [0.05, 0.1) is 45.1 Å². The summed E-state index contributed by atoms with van der Waals surface area (Å²) in [6, 6.07) is 59.3. The Morgan fingerprint density at radius 1 is 0.370 bits per heavy atom. The maximum Gasteiger partial charge on any atom is 0.136 e. The largest absolute Gasteiger partial charge is 0.456 e. The first kappa shape index (κ1) is 29.1. The molecule has 0 radical (unpaired) electrons. The minimum atomic E-state index is 0.598. The first-order chi connectivity index (χ1) is 26.8. The fourth-order valence-electron chi connectivity index (χ4n) is 8.98. The zero-order chi connectivity index (χ0) is 35.5. The molecule has 0 aliphatic rings. The summed E-state index contributed by atoms with van der Waals surface area (Å²) >= 11 is 0. The summed E-state index contributed by atoms with van der Waals surface area (Å²) in [5.74, 6) is 0. The molecular formula is C49H27N3O2. The first-order valence-corrected chi connectivity index (χ1v) is 18.1. The predicted molar refractivity (Wildman–Crippen MR) is 220 cm³/mol. The van der Waals surface area contributed by atoms with Gasteiger partial charge in [-0.05, 0) is 72.8 Å². The predicted octanol–water partition coefficient (Wildman–Crippen LogP) is 13.2. The number of rotatable bonds is 3. The molecule has 0 atom stereocenters. The molecule has 0 bridgehead atoms. The standard InChI is InChI=1S/C49H27N3O2/c50-28-29-21-22-39(52-38-18-8-3-13-32(38)47-41(52)24-26-45-49(47)34-15-5-10-20-43(34)54-45)35(27-29)30-11-1-6-16-36(30)51-37-17-7-2-12-31(37)46-40(51)23-25-44-48(46)33-14-4-9-19-42(33)53-44/h1-27H. The van der Waals surface area contributed by atoms with Gasteiger partial charge in [-0.15, -0.1) is 0 Å². The van der Waals surface area contributed by atoms with Crippen LogP contribution in [0.25, 0.3) is 110 Å². The number of benzene rings is 8. The van der Waals surface area contributed by atoms with Gasteiger partial charge in [-0.1, -0.05) is 91.0 Å². The summed E-state index contributed by atoms with van der Waals surface area (Å²) in [5, 5.41) is 19.3. The zero-order valence-corrected chi connectivity index (χ0v) is 28.7. The Balaban J connectivity index is 1.19. The zero-order valence-electron chi connectivity index (χ0n) is 28.7. The molecule has 0 unspecified atom stereocenters. The van der Waals surface area contributed by atoms with Gasteiger partial charge < -0.3 is 18.0 Å². The summed E-state index contributed by atoms with van der Waals surface area (Å²) in [6.07, 6.45) is 0. The van der Waals surface area contributed by atoms with Gasteiger partial charge in [0, 0.05) is 54.2 Å². The molecule has 4 aromatic heterocycles. The van der Waals surface area contributed by atoms with Gasteiger partial charge in [0.25, 0.3) is 0 Å². The summed E-state index contributed by atoms with van der Waals surface area (Å²) in [6.45, 7) is 0. The number of hydrogen-bond acceptors (Lipinski definition) is 3. The third-order valence-corrected chi connectivity index (χ3v) is 11.2. The molecular weight excluding hydrogens is 663 g/mol. The molecule has 4 heterocycles. The summed E-state index contributed by atoms with van der Waals surface area (Å²) in [7, 11) is 0. The highest BCUT2D eigenvalue weighted by Gasteiger charge is 2.24. The average Bonchev–Trinajstić information content (AvgIpc) is 3.98. The third kappa shape index (κ3) is 3.81. The molecule has 0 N–H and O–H groups in total. The lowest BCUT2D eigenvalue weighted by atomic mass is 9.98. The molecule has 0 aliphatic heterocycles. The molecule has 5 nitrogen and oxygen atoms in total. The number of fused-ring (bicyclic) bond motifs is 14. The number of furan rings is 2. The Hall–Kier alpha value is -7.55. The van der Waals surface area contributed by atoms with Crippen molar-refractivity contribution >= 4 is 87.5 Å². The van der Waals surface area contributed by atoms with Crippen molar-refractivity contribution in [2.45, 2.75) is 0 Å². The van der Waals surface area contributed by atoms with Gasteiger partial charge in [-0.3, -0.25) is 0 Å². The number of para-hydroxylation sites is 5. The van der Waals surface area contributed by atoms with E-state index in [-0.39, 0.29) is 0 Å². The van der Waals surface area contributed by atoms with Crippen molar-refractivity contribution in [2.75, 3.05) is 0 Å². The van der Waals surface area contributed by atoms with Crippen LogP contribution >= 0.6 is 0 Å². The summed E-state index contributed by atoms with van der Waals surface area (Å²) in [4.78, 5) is 0. The lowest BCUT2D eigenvalue weighted by Crippen LogP contribution is -2.02. The van der Waals surface area contributed by atoms with Gasteiger partial charge in [0.15, 0.2) is 0 Å². The van der Waals surface area contributed by atoms with Crippen LogP contribution < -0.4 is 0 Å². The minimum Gasteiger partial charge on any atom is -0.456 e. The van der Waals surface area contributed by atoms with Crippen molar-refractivity contribution in [2.24, 2.45) is 0 Å². The Morgan fingerprint density at radius 2 is 0.852 bits per heavy atom. The number of hydrogen-bond donors (Lipinski definition) is 0. The molecule has 0 aliphatic carbocycles. The van der Waals surface area contributed by atoms with E-state index < -0.39 is 0 Å². The Kier molecular flexibility index (Phi) is 5.78. The number of nitriles is 1. The topological polar surface area (TPSA) is 59.9 Å². The van der Waals surface area contributed by atoms with Crippen molar-refractivity contribution in [3.05, 3.63) is 169 Å². The fourth-order valence-corrected chi connectivity index (χ4v) is 8.98. The first-order valence-electron chi connectivity index (χ1n) is 18.1. The second kappa shape index (κ2) is 10.7. The van der Waals surface area contributed by atoms with Gasteiger partial charge in [0.2, 0.25) is 0 Å². The van der Waals surface area contributed by atoms with E-state index in [1.165, 1.54) is 0 Å². The van der Waals surface area contributed by atoms with Crippen LogP contribution in [-0.4, -0.2) is 9.13 Å². The van der Waals surface area contributed by atoms with E-state index in [1.807, 2.05) is 36.4 Å². The molecule has 0 amide bonds. The van der Waals surface area contributed by atoms with E-state index in [2.05, 4.69) is 143 Å². The van der Waals surface area contributed by atoms with Crippen molar-refractivity contribution in [1.82, 2.24) is 9.13 Å². The van der Waals surface area contributed by atoms with E-state index in [9.17, 15) is 5.26 Å². The molecule has 8 aromatic carbocycles. The lowest BCUT2D eigenvalue weighted by Gasteiger charge is -2.19. The Labute approximate surface area is 307 Å². The van der Waals surface area contributed by atoms with Crippen molar-refractivity contribution in [1.29, 1.82) is 5.26 Å². The van der Waals surface area contributed by atoms with Crippen molar-refractivity contribution in [3.63, 3.8) is 0 Å². The van der Waals surface area contributed by atoms with Crippen LogP contribution in [0, 0.1) is 11.3 Å².